The van der Waals surface area contributed by atoms with Crippen molar-refractivity contribution in [2.75, 3.05) is 0 Å². The van der Waals surface area contributed by atoms with Gasteiger partial charge >= 0.3 is 5.97 Å². The molecule has 4 heteroatoms. The van der Waals surface area contributed by atoms with E-state index in [2.05, 4.69) is 11.7 Å². The van der Waals surface area contributed by atoms with Crippen molar-refractivity contribution in [2.45, 2.75) is 19.9 Å². The number of carboxylic acid groups (broad SMARTS) is 1. The van der Waals surface area contributed by atoms with Gasteiger partial charge in [-0.25, -0.2) is 4.79 Å². The van der Waals surface area contributed by atoms with E-state index in [9.17, 15) is 4.79 Å². The Labute approximate surface area is 76.5 Å². The van der Waals surface area contributed by atoms with Crippen molar-refractivity contribution < 1.29 is 9.90 Å². The van der Waals surface area contributed by atoms with Gasteiger partial charge in [0.25, 0.3) is 0 Å². The molecule has 1 heterocycles. The first-order valence-corrected chi connectivity index (χ1v) is 3.99. The van der Waals surface area contributed by atoms with Crippen LogP contribution in [0.3, 0.4) is 0 Å². The Hall–Kier alpha value is -1.58. The Kier molecular flexibility index (Phi) is 2.84. The van der Waals surface area contributed by atoms with Crippen molar-refractivity contribution in [1.29, 1.82) is 0 Å². The zero-order valence-electron chi connectivity index (χ0n) is 7.53. The number of rotatable bonds is 4. The molecule has 0 radical (unpaired) electrons. The van der Waals surface area contributed by atoms with E-state index in [1.807, 2.05) is 6.92 Å². The third kappa shape index (κ3) is 2.74. The number of hydrogen-bond donors (Lipinski definition) is 1. The number of nitrogens with zero attached hydrogens (tertiary/aromatic N) is 2. The predicted octanol–water partition coefficient (Wildman–Crippen LogP) is 1.55. The molecule has 0 amide bonds. The van der Waals surface area contributed by atoms with Crippen molar-refractivity contribution in [2.24, 2.45) is 0 Å². The average Bonchev–Trinajstić information content (AvgIpc) is 2.48. The lowest BCUT2D eigenvalue weighted by Crippen LogP contribution is -1.99. The molecule has 0 saturated carbocycles. The number of carbonyl (C=O) groups is 1. The maximum Gasteiger partial charge on any atom is 0.338 e. The minimum Gasteiger partial charge on any atom is -0.478 e. The topological polar surface area (TPSA) is 55.1 Å². The predicted molar refractivity (Wildman–Crippen MR) is 48.6 cm³/mol. The Morgan fingerprint density at radius 1 is 1.77 bits per heavy atom. The summed E-state index contributed by atoms with van der Waals surface area (Å²) in [6.45, 7) is 6.37. The molecule has 0 saturated heterocycles. The first-order chi connectivity index (χ1) is 6.09. The maximum absolute atomic E-state index is 10.5. The fourth-order valence-corrected chi connectivity index (χ4v) is 0.902. The van der Waals surface area contributed by atoms with Gasteiger partial charge in [-0.15, -0.1) is 6.58 Å². The van der Waals surface area contributed by atoms with Crippen molar-refractivity contribution in [3.05, 3.63) is 30.1 Å². The highest BCUT2D eigenvalue weighted by molar-refractivity contribution is 5.86. The van der Waals surface area contributed by atoms with Crippen molar-refractivity contribution in [3.63, 3.8) is 0 Å². The summed E-state index contributed by atoms with van der Waals surface area (Å²) >= 11 is 0. The first-order valence-electron chi connectivity index (χ1n) is 3.99. The van der Waals surface area contributed by atoms with Crippen LogP contribution in [0.15, 0.2) is 24.5 Å². The minimum absolute atomic E-state index is 0.224. The molecule has 1 N–H and O–H groups in total. The van der Waals surface area contributed by atoms with E-state index in [4.69, 9.17) is 5.11 Å². The van der Waals surface area contributed by atoms with Crippen LogP contribution >= 0.6 is 0 Å². The second-order valence-electron chi connectivity index (χ2n) is 3.00. The van der Waals surface area contributed by atoms with Gasteiger partial charge in [-0.2, -0.15) is 5.10 Å². The number of aryl methyl sites for hydroxylation is 1. The monoisotopic (exact) mass is 180 g/mol. The normalized spacial score (nSPS) is 9.92. The lowest BCUT2D eigenvalue weighted by Gasteiger charge is -1.99. The van der Waals surface area contributed by atoms with Gasteiger partial charge in [0.15, 0.2) is 0 Å². The van der Waals surface area contributed by atoms with E-state index in [1.165, 1.54) is 12.4 Å². The molecule has 0 atom stereocenters. The molecule has 0 aliphatic heterocycles. The lowest BCUT2D eigenvalue weighted by atomic mass is 10.2. The lowest BCUT2D eigenvalue weighted by molar-refractivity contribution is 0.0697. The quantitative estimate of drug-likeness (QED) is 0.715. The van der Waals surface area contributed by atoms with Crippen LogP contribution in [-0.2, 0) is 6.54 Å². The SMILES string of the molecule is C=C(C)CCn1cc(C(=O)O)cn1. The van der Waals surface area contributed by atoms with Gasteiger partial charge in [0.05, 0.1) is 11.8 Å². The number of allylic oxidation sites excluding steroid dienone is 1. The molecule has 0 fully saturated rings. The zero-order chi connectivity index (χ0) is 9.84. The summed E-state index contributed by atoms with van der Waals surface area (Å²) in [6, 6.07) is 0. The van der Waals surface area contributed by atoms with Crippen LogP contribution < -0.4 is 0 Å². The molecule has 0 spiro atoms. The fourth-order valence-electron chi connectivity index (χ4n) is 0.902. The van der Waals surface area contributed by atoms with Crippen molar-refractivity contribution in [1.82, 2.24) is 9.78 Å². The van der Waals surface area contributed by atoms with Crippen LogP contribution in [-0.4, -0.2) is 20.9 Å². The maximum atomic E-state index is 10.5. The van der Waals surface area contributed by atoms with Gasteiger partial charge in [-0.1, -0.05) is 5.57 Å². The smallest absolute Gasteiger partial charge is 0.338 e. The van der Waals surface area contributed by atoms with E-state index in [1.54, 1.807) is 4.68 Å². The van der Waals surface area contributed by atoms with Gasteiger partial charge in [0.1, 0.15) is 0 Å². The molecular formula is C9H12N2O2. The fraction of sp³-hybridized carbons (Fsp3) is 0.333. The van der Waals surface area contributed by atoms with E-state index in [-0.39, 0.29) is 5.56 Å². The average molecular weight is 180 g/mol. The van der Waals surface area contributed by atoms with Gasteiger partial charge in [-0.05, 0) is 13.3 Å². The Morgan fingerprint density at radius 2 is 2.46 bits per heavy atom. The van der Waals surface area contributed by atoms with Gasteiger partial charge in [-0.3, -0.25) is 4.68 Å². The molecule has 13 heavy (non-hydrogen) atoms. The molecule has 0 bridgehead atoms. The minimum atomic E-state index is -0.943. The van der Waals surface area contributed by atoms with Crippen LogP contribution in [0, 0.1) is 0 Å². The van der Waals surface area contributed by atoms with Gasteiger partial charge in [0, 0.05) is 12.7 Å². The summed E-state index contributed by atoms with van der Waals surface area (Å²) in [7, 11) is 0. The molecule has 4 nitrogen and oxygen atoms in total. The third-order valence-electron chi connectivity index (χ3n) is 1.65. The molecular weight excluding hydrogens is 168 g/mol. The largest absolute Gasteiger partial charge is 0.478 e. The second kappa shape index (κ2) is 3.89. The number of aromatic carboxylic acids is 1. The third-order valence-corrected chi connectivity index (χ3v) is 1.65. The molecule has 70 valence electrons. The highest BCUT2D eigenvalue weighted by Crippen LogP contribution is 2.01. The van der Waals surface area contributed by atoms with Gasteiger partial charge in [0.2, 0.25) is 0 Å². The summed E-state index contributed by atoms with van der Waals surface area (Å²) in [5.41, 5.74) is 1.29. The summed E-state index contributed by atoms with van der Waals surface area (Å²) < 4.78 is 1.61. The Balaban J connectivity index is 2.59. The van der Waals surface area contributed by atoms with Crippen molar-refractivity contribution >= 4 is 5.97 Å². The molecule has 1 aromatic rings. The molecule has 1 rings (SSSR count). The second-order valence-corrected chi connectivity index (χ2v) is 3.00. The van der Waals surface area contributed by atoms with Crippen LogP contribution in [0.2, 0.25) is 0 Å². The Bertz CT molecular complexity index is 328. The summed E-state index contributed by atoms with van der Waals surface area (Å²) in [4.78, 5) is 10.5. The van der Waals surface area contributed by atoms with E-state index in [0.29, 0.717) is 6.54 Å². The summed E-state index contributed by atoms with van der Waals surface area (Å²) in [5, 5.41) is 12.5. The highest BCUT2D eigenvalue weighted by Gasteiger charge is 2.04. The zero-order valence-corrected chi connectivity index (χ0v) is 7.53. The van der Waals surface area contributed by atoms with E-state index in [0.717, 1.165) is 12.0 Å². The van der Waals surface area contributed by atoms with Crippen LogP contribution in [0.4, 0.5) is 0 Å². The van der Waals surface area contributed by atoms with E-state index < -0.39 is 5.97 Å². The molecule has 0 unspecified atom stereocenters. The van der Waals surface area contributed by atoms with Crippen LogP contribution in [0.1, 0.15) is 23.7 Å². The molecule has 0 aliphatic rings. The molecule has 1 aromatic heterocycles. The van der Waals surface area contributed by atoms with Crippen LogP contribution in [0.5, 0.6) is 0 Å². The highest BCUT2D eigenvalue weighted by atomic mass is 16.4. The number of aromatic nitrogens is 2. The van der Waals surface area contributed by atoms with Crippen molar-refractivity contribution in [3.8, 4) is 0 Å². The Morgan fingerprint density at radius 3 is 2.92 bits per heavy atom. The summed E-state index contributed by atoms with van der Waals surface area (Å²) in [6.07, 6.45) is 3.69. The first kappa shape index (κ1) is 9.51. The molecule has 0 aliphatic carbocycles. The van der Waals surface area contributed by atoms with E-state index >= 15 is 0 Å². The van der Waals surface area contributed by atoms with Crippen LogP contribution in [0.25, 0.3) is 0 Å². The summed E-state index contributed by atoms with van der Waals surface area (Å²) in [5.74, 6) is -0.943. The number of hydrogen-bond acceptors (Lipinski definition) is 2. The molecule has 0 aromatic carbocycles. The van der Waals surface area contributed by atoms with Gasteiger partial charge < -0.3 is 5.11 Å². The number of carboxylic acids is 1. The standard InChI is InChI=1S/C9H12N2O2/c1-7(2)3-4-11-6-8(5-10-11)9(12)13/h5-6H,1,3-4H2,2H3,(H,12,13).